The highest BCUT2D eigenvalue weighted by molar-refractivity contribution is 6.28. The van der Waals surface area contributed by atoms with Crippen molar-refractivity contribution in [2.24, 2.45) is 0 Å². The van der Waals surface area contributed by atoms with Gasteiger partial charge in [-0.25, -0.2) is 0 Å². The molecule has 2 aromatic rings. The second-order valence-corrected chi connectivity index (χ2v) is 3.64. The summed E-state index contributed by atoms with van der Waals surface area (Å²) in [6.45, 7) is 3.25. The van der Waals surface area contributed by atoms with Crippen molar-refractivity contribution >= 4 is 17.5 Å². The van der Waals surface area contributed by atoms with Crippen molar-refractivity contribution in [2.45, 2.75) is 20.0 Å². The first-order valence-electron chi connectivity index (χ1n) is 5.29. The van der Waals surface area contributed by atoms with Crippen LogP contribution in [0.1, 0.15) is 12.7 Å². The average molecular weight is 270 g/mol. The molecule has 0 aliphatic heterocycles. The summed E-state index contributed by atoms with van der Waals surface area (Å²) in [4.78, 5) is 11.7. The number of ether oxygens (including phenoxy) is 1. The van der Waals surface area contributed by atoms with E-state index in [0.717, 1.165) is 12.4 Å². The SMILES string of the molecule is CCn1cnnc1CNc1nc(Cl)nc(OC)n1. The Kier molecular flexibility index (Phi) is 3.88. The quantitative estimate of drug-likeness (QED) is 0.857. The number of hydrogen-bond acceptors (Lipinski definition) is 7. The second kappa shape index (κ2) is 5.58. The summed E-state index contributed by atoms with van der Waals surface area (Å²) in [7, 11) is 1.46. The zero-order valence-corrected chi connectivity index (χ0v) is 10.7. The van der Waals surface area contributed by atoms with Crippen molar-refractivity contribution in [3.05, 3.63) is 17.4 Å². The first-order chi connectivity index (χ1) is 8.72. The normalized spacial score (nSPS) is 10.4. The topological polar surface area (TPSA) is 90.6 Å². The van der Waals surface area contributed by atoms with Gasteiger partial charge in [-0.15, -0.1) is 10.2 Å². The van der Waals surface area contributed by atoms with E-state index in [0.29, 0.717) is 12.5 Å². The van der Waals surface area contributed by atoms with Crippen LogP contribution in [0, 0.1) is 0 Å². The Morgan fingerprint density at radius 2 is 2.22 bits per heavy atom. The molecule has 2 rings (SSSR count). The fraction of sp³-hybridized carbons (Fsp3) is 0.444. The summed E-state index contributed by atoms with van der Waals surface area (Å²) in [5, 5.41) is 10.9. The maximum atomic E-state index is 5.73. The highest BCUT2D eigenvalue weighted by Crippen LogP contribution is 2.11. The van der Waals surface area contributed by atoms with Crippen molar-refractivity contribution < 1.29 is 4.74 Å². The first-order valence-corrected chi connectivity index (χ1v) is 5.67. The predicted octanol–water partition coefficient (Wildman–Crippen LogP) is 0.757. The van der Waals surface area contributed by atoms with Crippen molar-refractivity contribution in [1.29, 1.82) is 0 Å². The number of aryl methyl sites for hydroxylation is 1. The van der Waals surface area contributed by atoms with E-state index in [1.807, 2.05) is 11.5 Å². The fourth-order valence-corrected chi connectivity index (χ4v) is 1.49. The van der Waals surface area contributed by atoms with Crippen molar-refractivity contribution in [1.82, 2.24) is 29.7 Å². The molecule has 2 aromatic heterocycles. The first kappa shape index (κ1) is 12.5. The lowest BCUT2D eigenvalue weighted by atomic mass is 10.5. The molecule has 0 atom stereocenters. The van der Waals surface area contributed by atoms with Gasteiger partial charge in [-0.2, -0.15) is 15.0 Å². The lowest BCUT2D eigenvalue weighted by molar-refractivity contribution is 0.379. The third kappa shape index (κ3) is 2.83. The molecule has 96 valence electrons. The molecule has 9 heteroatoms. The van der Waals surface area contributed by atoms with Gasteiger partial charge in [0.15, 0.2) is 5.82 Å². The number of methoxy groups -OCH3 is 1. The molecule has 1 N–H and O–H groups in total. The molecule has 0 fully saturated rings. The number of halogens is 1. The van der Waals surface area contributed by atoms with Gasteiger partial charge in [-0.1, -0.05) is 0 Å². The third-order valence-corrected chi connectivity index (χ3v) is 2.38. The monoisotopic (exact) mass is 269 g/mol. The summed E-state index contributed by atoms with van der Waals surface area (Å²) in [5.74, 6) is 1.12. The number of nitrogens with one attached hydrogen (secondary N) is 1. The molecule has 2 heterocycles. The van der Waals surface area contributed by atoms with Gasteiger partial charge >= 0.3 is 6.01 Å². The minimum Gasteiger partial charge on any atom is -0.467 e. The predicted molar refractivity (Wildman–Crippen MR) is 64.4 cm³/mol. The Bertz CT molecular complexity index is 529. The van der Waals surface area contributed by atoms with Crippen molar-refractivity contribution in [3.8, 4) is 6.01 Å². The van der Waals surface area contributed by atoms with Gasteiger partial charge in [0, 0.05) is 6.54 Å². The Balaban J connectivity index is 2.08. The highest BCUT2D eigenvalue weighted by atomic mass is 35.5. The Labute approximate surface area is 108 Å². The fourth-order valence-electron chi connectivity index (χ4n) is 1.34. The summed E-state index contributed by atoms with van der Waals surface area (Å²) >= 11 is 5.73. The molecule has 0 aliphatic rings. The van der Waals surface area contributed by atoms with Crippen LogP contribution in [0.4, 0.5) is 5.95 Å². The summed E-state index contributed by atoms with van der Waals surface area (Å²) in [6.07, 6.45) is 1.66. The van der Waals surface area contributed by atoms with E-state index in [4.69, 9.17) is 16.3 Å². The molecule has 0 saturated carbocycles. The largest absolute Gasteiger partial charge is 0.467 e. The number of aromatic nitrogens is 6. The highest BCUT2D eigenvalue weighted by Gasteiger charge is 2.07. The van der Waals surface area contributed by atoms with Gasteiger partial charge in [-0.3, -0.25) is 0 Å². The maximum Gasteiger partial charge on any atom is 0.322 e. The van der Waals surface area contributed by atoms with Crippen LogP contribution in [0.15, 0.2) is 6.33 Å². The molecule has 0 aliphatic carbocycles. The number of nitrogens with zero attached hydrogens (tertiary/aromatic N) is 6. The molecule has 0 bridgehead atoms. The van der Waals surface area contributed by atoms with Crippen LogP contribution in [-0.4, -0.2) is 36.8 Å². The smallest absolute Gasteiger partial charge is 0.322 e. The van der Waals surface area contributed by atoms with Gasteiger partial charge in [0.2, 0.25) is 11.2 Å². The molecule has 0 radical (unpaired) electrons. The molecule has 0 spiro atoms. The molecule has 8 nitrogen and oxygen atoms in total. The van der Waals surface area contributed by atoms with E-state index in [9.17, 15) is 0 Å². The van der Waals surface area contributed by atoms with Gasteiger partial charge in [0.1, 0.15) is 6.33 Å². The number of anilines is 1. The Morgan fingerprint density at radius 3 is 2.94 bits per heavy atom. The van der Waals surface area contributed by atoms with Crippen molar-refractivity contribution in [2.75, 3.05) is 12.4 Å². The van der Waals surface area contributed by atoms with Gasteiger partial charge in [0.25, 0.3) is 0 Å². The molecule has 0 saturated heterocycles. The van der Waals surface area contributed by atoms with Gasteiger partial charge in [-0.05, 0) is 18.5 Å². The molecular weight excluding hydrogens is 258 g/mol. The standard InChI is InChI=1S/C9H12ClN7O/c1-3-17-5-12-16-6(17)4-11-8-13-7(10)14-9(15-8)18-2/h5H,3-4H2,1-2H3,(H,11,13,14,15). The summed E-state index contributed by atoms with van der Waals surface area (Å²) in [5.41, 5.74) is 0. The minimum atomic E-state index is 0.0707. The van der Waals surface area contributed by atoms with E-state index in [2.05, 4.69) is 30.5 Å². The van der Waals surface area contributed by atoms with Crippen LogP contribution >= 0.6 is 11.6 Å². The maximum absolute atomic E-state index is 5.73. The molecular formula is C9H12ClN7O. The molecule has 0 aromatic carbocycles. The van der Waals surface area contributed by atoms with Crippen LogP contribution < -0.4 is 10.1 Å². The van der Waals surface area contributed by atoms with E-state index < -0.39 is 0 Å². The van der Waals surface area contributed by atoms with Gasteiger partial charge in [0.05, 0.1) is 13.7 Å². The zero-order chi connectivity index (χ0) is 13.0. The van der Waals surface area contributed by atoms with Crippen LogP contribution in [0.25, 0.3) is 0 Å². The van der Waals surface area contributed by atoms with Gasteiger partial charge < -0.3 is 14.6 Å². The van der Waals surface area contributed by atoms with E-state index >= 15 is 0 Å². The Morgan fingerprint density at radius 1 is 1.39 bits per heavy atom. The number of rotatable bonds is 5. The lowest BCUT2D eigenvalue weighted by Gasteiger charge is -2.06. The lowest BCUT2D eigenvalue weighted by Crippen LogP contribution is -2.10. The summed E-state index contributed by atoms with van der Waals surface area (Å²) < 4.78 is 6.81. The average Bonchev–Trinajstić information content (AvgIpc) is 2.83. The van der Waals surface area contributed by atoms with Crippen LogP contribution in [0.3, 0.4) is 0 Å². The molecule has 18 heavy (non-hydrogen) atoms. The van der Waals surface area contributed by atoms with Crippen molar-refractivity contribution in [3.63, 3.8) is 0 Å². The number of hydrogen-bond donors (Lipinski definition) is 1. The van der Waals surface area contributed by atoms with Crippen LogP contribution in [0.5, 0.6) is 6.01 Å². The zero-order valence-electron chi connectivity index (χ0n) is 9.96. The molecule has 0 amide bonds. The van der Waals surface area contributed by atoms with E-state index in [1.165, 1.54) is 7.11 Å². The third-order valence-electron chi connectivity index (χ3n) is 2.21. The minimum absolute atomic E-state index is 0.0707. The van der Waals surface area contributed by atoms with Crippen LogP contribution in [-0.2, 0) is 13.1 Å². The van der Waals surface area contributed by atoms with E-state index in [1.54, 1.807) is 6.33 Å². The summed E-state index contributed by atoms with van der Waals surface area (Å²) in [6, 6.07) is 0.162. The van der Waals surface area contributed by atoms with E-state index in [-0.39, 0.29) is 11.3 Å². The molecule has 0 unspecified atom stereocenters. The second-order valence-electron chi connectivity index (χ2n) is 3.30. The Hall–Kier alpha value is -1.96. The van der Waals surface area contributed by atoms with Crippen LogP contribution in [0.2, 0.25) is 5.28 Å².